The highest BCUT2D eigenvalue weighted by molar-refractivity contribution is 9.10. The fourth-order valence-electron chi connectivity index (χ4n) is 3.20. The largest absolute Gasteiger partial charge is 0.477 e. The molecule has 2 amide bonds. The molecule has 2 unspecified atom stereocenters. The minimum atomic E-state index is -1.25. The molecule has 4 rings (SSSR count). The SMILES string of the molecule is CO/N=C(\C(=O)NC1C(=O)N2C(C(=O)O)=C(/C=C/c3cc(Br)no3)CSC12)c1csc(N)n1. The molecular formula is C18H15BrN6O6S2. The topological polar surface area (TPSA) is 173 Å². The molecule has 0 aromatic carbocycles. The molecule has 172 valence electrons. The number of nitrogens with zero attached hydrogens (tertiary/aromatic N) is 4. The van der Waals surface area contributed by atoms with Crippen molar-refractivity contribution in [1.82, 2.24) is 20.4 Å². The molecule has 0 spiro atoms. The molecule has 4 heterocycles. The van der Waals surface area contributed by atoms with E-state index < -0.39 is 29.2 Å². The lowest BCUT2D eigenvalue weighted by Gasteiger charge is -2.49. The number of nitrogen functional groups attached to an aromatic ring is 1. The quantitative estimate of drug-likeness (QED) is 0.257. The summed E-state index contributed by atoms with van der Waals surface area (Å²) >= 11 is 5.61. The lowest BCUT2D eigenvalue weighted by molar-refractivity contribution is -0.150. The Balaban J connectivity index is 1.53. The Morgan fingerprint density at radius 2 is 2.27 bits per heavy atom. The first-order valence-electron chi connectivity index (χ1n) is 9.15. The number of carbonyl (C=O) groups excluding carboxylic acids is 2. The summed E-state index contributed by atoms with van der Waals surface area (Å²) in [5.41, 5.74) is 5.95. The minimum absolute atomic E-state index is 0.145. The van der Waals surface area contributed by atoms with Crippen LogP contribution in [0.25, 0.3) is 6.08 Å². The summed E-state index contributed by atoms with van der Waals surface area (Å²) in [6.45, 7) is 0. The third-order valence-electron chi connectivity index (χ3n) is 4.60. The van der Waals surface area contributed by atoms with Crippen LogP contribution in [0.3, 0.4) is 0 Å². The van der Waals surface area contributed by atoms with Crippen molar-refractivity contribution in [2.45, 2.75) is 11.4 Å². The zero-order valence-corrected chi connectivity index (χ0v) is 19.9. The van der Waals surface area contributed by atoms with Crippen LogP contribution in [0.4, 0.5) is 5.13 Å². The van der Waals surface area contributed by atoms with Gasteiger partial charge in [-0.05, 0) is 27.6 Å². The van der Waals surface area contributed by atoms with Crippen molar-refractivity contribution in [3.05, 3.63) is 44.8 Å². The van der Waals surface area contributed by atoms with Crippen LogP contribution < -0.4 is 11.1 Å². The van der Waals surface area contributed by atoms with E-state index in [1.54, 1.807) is 18.2 Å². The van der Waals surface area contributed by atoms with Crippen LogP contribution in [0.2, 0.25) is 0 Å². The number of nitrogens with two attached hydrogens (primary N) is 1. The normalized spacial score (nSPS) is 20.6. The van der Waals surface area contributed by atoms with Gasteiger partial charge in [-0.1, -0.05) is 16.4 Å². The molecule has 12 nitrogen and oxygen atoms in total. The first kappa shape index (κ1) is 23.0. The highest BCUT2D eigenvalue weighted by atomic mass is 79.9. The molecule has 1 fully saturated rings. The number of halogens is 1. The molecule has 0 aliphatic carbocycles. The average molecular weight is 555 g/mol. The Hall–Kier alpha value is -3.17. The number of carboxylic acid groups (broad SMARTS) is 1. The number of allylic oxidation sites excluding steroid dienone is 1. The standard InChI is InChI=1S/C18H15BrN6O6S2/c1-30-24-11(9-6-33-18(20)21-9)14(26)22-12-15(27)25-13(17(28)29)7(5-32-16(12)25)2-3-8-4-10(19)23-31-8/h2-4,6,12,16H,5H2,1H3,(H2,20,21)(H,22,26)(H,28,29)/b3-2+,24-11-. The van der Waals surface area contributed by atoms with Crippen molar-refractivity contribution in [2.24, 2.45) is 5.16 Å². The zero-order valence-electron chi connectivity index (χ0n) is 16.7. The number of carbonyl (C=O) groups is 3. The Bertz CT molecular complexity index is 1220. The summed E-state index contributed by atoms with van der Waals surface area (Å²) in [5.74, 6) is -1.78. The van der Waals surface area contributed by atoms with Crippen LogP contribution in [0.5, 0.6) is 0 Å². The molecule has 2 aromatic heterocycles. The molecule has 2 aliphatic heterocycles. The molecule has 33 heavy (non-hydrogen) atoms. The van der Waals surface area contributed by atoms with Gasteiger partial charge in [0.15, 0.2) is 16.6 Å². The fourth-order valence-corrected chi connectivity index (χ4v) is 5.36. The van der Waals surface area contributed by atoms with Crippen molar-refractivity contribution < 1.29 is 28.9 Å². The van der Waals surface area contributed by atoms with Crippen molar-refractivity contribution in [1.29, 1.82) is 0 Å². The number of amides is 2. The van der Waals surface area contributed by atoms with E-state index in [0.717, 1.165) is 16.2 Å². The Labute approximate surface area is 202 Å². The zero-order chi connectivity index (χ0) is 23.7. The van der Waals surface area contributed by atoms with Gasteiger partial charge in [-0.25, -0.2) is 9.78 Å². The summed E-state index contributed by atoms with van der Waals surface area (Å²) in [6, 6.07) is 0.678. The summed E-state index contributed by atoms with van der Waals surface area (Å²) in [6.07, 6.45) is 3.13. The van der Waals surface area contributed by atoms with E-state index in [-0.39, 0.29) is 22.2 Å². The second kappa shape index (κ2) is 9.36. The average Bonchev–Trinajstić information content (AvgIpc) is 3.40. The summed E-state index contributed by atoms with van der Waals surface area (Å²) in [5, 5.41) is 20.9. The molecule has 0 saturated carbocycles. The van der Waals surface area contributed by atoms with Gasteiger partial charge in [0.1, 0.15) is 34.5 Å². The summed E-state index contributed by atoms with van der Waals surface area (Å²) < 4.78 is 5.55. The van der Waals surface area contributed by atoms with E-state index in [0.29, 0.717) is 21.7 Å². The number of hydrogen-bond acceptors (Lipinski definition) is 11. The van der Waals surface area contributed by atoms with Gasteiger partial charge >= 0.3 is 5.97 Å². The number of aliphatic carboxylic acids is 1. The van der Waals surface area contributed by atoms with Gasteiger partial charge < -0.3 is 25.5 Å². The monoisotopic (exact) mass is 554 g/mol. The van der Waals surface area contributed by atoms with Gasteiger partial charge in [-0.15, -0.1) is 23.1 Å². The third-order valence-corrected chi connectivity index (χ3v) is 6.95. The molecule has 2 aliphatic rings. The number of thioether (sulfide) groups is 1. The van der Waals surface area contributed by atoms with E-state index in [4.69, 9.17) is 15.1 Å². The van der Waals surface area contributed by atoms with Crippen LogP contribution in [-0.2, 0) is 19.2 Å². The third kappa shape index (κ3) is 4.51. The first-order valence-corrected chi connectivity index (χ1v) is 11.9. The molecule has 15 heteroatoms. The lowest BCUT2D eigenvalue weighted by atomic mass is 10.0. The van der Waals surface area contributed by atoms with Crippen molar-refractivity contribution in [3.8, 4) is 0 Å². The number of oxime groups is 1. The number of carboxylic acids is 1. The molecule has 4 N–H and O–H groups in total. The highest BCUT2D eigenvalue weighted by Crippen LogP contribution is 2.40. The van der Waals surface area contributed by atoms with E-state index >= 15 is 0 Å². The van der Waals surface area contributed by atoms with E-state index in [1.165, 1.54) is 24.3 Å². The number of rotatable bonds is 7. The molecule has 0 bridgehead atoms. The predicted octanol–water partition coefficient (Wildman–Crippen LogP) is 1.28. The van der Waals surface area contributed by atoms with Crippen LogP contribution in [-0.4, -0.2) is 67.9 Å². The smallest absolute Gasteiger partial charge is 0.352 e. The Morgan fingerprint density at radius 1 is 1.48 bits per heavy atom. The van der Waals surface area contributed by atoms with Crippen LogP contribution in [0.15, 0.2) is 43.1 Å². The molecule has 2 aromatic rings. The van der Waals surface area contributed by atoms with Crippen LogP contribution in [0, 0.1) is 0 Å². The number of fused-ring (bicyclic) bond motifs is 1. The second-order valence-corrected chi connectivity index (χ2v) is 9.43. The van der Waals surface area contributed by atoms with Crippen molar-refractivity contribution in [3.63, 3.8) is 0 Å². The minimum Gasteiger partial charge on any atom is -0.477 e. The van der Waals surface area contributed by atoms with Gasteiger partial charge in [-0.2, -0.15) is 0 Å². The van der Waals surface area contributed by atoms with Gasteiger partial charge in [0.25, 0.3) is 11.8 Å². The van der Waals surface area contributed by atoms with Gasteiger partial charge in [-0.3, -0.25) is 14.5 Å². The summed E-state index contributed by atoms with van der Waals surface area (Å²) in [4.78, 5) is 47.4. The Morgan fingerprint density at radius 3 is 2.88 bits per heavy atom. The molecular weight excluding hydrogens is 540 g/mol. The van der Waals surface area contributed by atoms with Crippen LogP contribution in [0.1, 0.15) is 11.5 Å². The maximum Gasteiger partial charge on any atom is 0.352 e. The maximum absolute atomic E-state index is 12.8. The number of nitrogens with one attached hydrogen (secondary N) is 1. The molecule has 1 saturated heterocycles. The van der Waals surface area contributed by atoms with E-state index in [1.807, 2.05) is 0 Å². The van der Waals surface area contributed by atoms with Crippen molar-refractivity contribution in [2.75, 3.05) is 18.6 Å². The Kier molecular flexibility index (Phi) is 6.53. The number of anilines is 1. The van der Waals surface area contributed by atoms with Crippen molar-refractivity contribution >= 4 is 73.7 Å². The molecule has 2 atom stereocenters. The van der Waals surface area contributed by atoms with E-state index in [9.17, 15) is 19.5 Å². The van der Waals surface area contributed by atoms with Gasteiger partial charge in [0.05, 0.1) is 0 Å². The number of hydrogen-bond donors (Lipinski definition) is 3. The fraction of sp³-hybridized carbons (Fsp3) is 0.222. The number of β-lactam (4-membered cyclic amide) rings is 1. The number of thiazole rings is 1. The first-order chi connectivity index (χ1) is 15.8. The summed E-state index contributed by atoms with van der Waals surface area (Å²) in [7, 11) is 1.27. The predicted molar refractivity (Wildman–Crippen MR) is 123 cm³/mol. The highest BCUT2D eigenvalue weighted by Gasteiger charge is 2.54. The van der Waals surface area contributed by atoms with Gasteiger partial charge in [0.2, 0.25) is 0 Å². The van der Waals surface area contributed by atoms with Gasteiger partial charge in [0, 0.05) is 17.2 Å². The second-order valence-electron chi connectivity index (χ2n) is 6.62. The van der Waals surface area contributed by atoms with Crippen LogP contribution >= 0.6 is 39.0 Å². The lowest BCUT2D eigenvalue weighted by Crippen LogP contribution is -2.71. The van der Waals surface area contributed by atoms with E-state index in [2.05, 4.69) is 36.5 Å². The molecule has 0 radical (unpaired) electrons. The maximum atomic E-state index is 12.8. The number of aromatic nitrogens is 2.